The van der Waals surface area contributed by atoms with Gasteiger partial charge in [0.15, 0.2) is 0 Å². The monoisotopic (exact) mass is 348 g/mol. The van der Waals surface area contributed by atoms with Gasteiger partial charge in [0.05, 0.1) is 5.56 Å². The molecule has 0 fully saturated rings. The molecule has 0 aliphatic rings. The highest BCUT2D eigenvalue weighted by Crippen LogP contribution is 2.30. The normalized spacial score (nSPS) is 10.8. The average Bonchev–Trinajstić information content (AvgIpc) is 1.82. The molecule has 12 heavy (non-hydrogen) atoms. The fourth-order valence-corrected chi connectivity index (χ4v) is 2.29. The summed E-state index contributed by atoms with van der Waals surface area (Å²) in [6.45, 7) is 0. The third-order valence-electron chi connectivity index (χ3n) is 1.23. The molecule has 0 aromatic carbocycles. The summed E-state index contributed by atoms with van der Waals surface area (Å²) in [4.78, 5) is 3.80. The van der Waals surface area contributed by atoms with Crippen LogP contribution in [0.25, 0.3) is 0 Å². The van der Waals surface area contributed by atoms with Gasteiger partial charge in [-0.15, -0.1) is 0 Å². The van der Waals surface area contributed by atoms with Crippen LogP contribution in [-0.4, -0.2) is 4.98 Å². The maximum Gasteiger partial charge on any atom is 0.268 e. The van der Waals surface area contributed by atoms with Crippen LogP contribution < -0.4 is 5.73 Å². The number of anilines is 1. The number of rotatable bonds is 1. The SMILES string of the molecule is Nc1cc(Br)nc(I)c1C(F)F. The van der Waals surface area contributed by atoms with E-state index in [1.807, 2.05) is 0 Å². The number of pyridine rings is 1. The fourth-order valence-electron chi connectivity index (χ4n) is 0.727. The minimum atomic E-state index is -2.57. The van der Waals surface area contributed by atoms with Crippen molar-refractivity contribution in [2.45, 2.75) is 6.43 Å². The number of nitrogen functional groups attached to an aromatic ring is 1. The molecular formula is C6H4BrF2IN2. The van der Waals surface area contributed by atoms with Gasteiger partial charge in [-0.2, -0.15) is 0 Å². The molecule has 0 aliphatic heterocycles. The standard InChI is InChI=1S/C6H4BrF2IN2/c7-3-1-2(11)4(5(8)9)6(10)12-3/h1,5H,(H2,11,12). The molecule has 0 unspecified atom stereocenters. The van der Waals surface area contributed by atoms with E-state index in [-0.39, 0.29) is 15.0 Å². The Balaban J connectivity index is 3.28. The first-order valence-corrected chi connectivity index (χ1v) is 4.79. The number of hydrogen-bond donors (Lipinski definition) is 1. The van der Waals surface area contributed by atoms with Crippen molar-refractivity contribution in [1.82, 2.24) is 4.98 Å². The summed E-state index contributed by atoms with van der Waals surface area (Å²) in [5, 5.41) is 0. The van der Waals surface area contributed by atoms with Crippen LogP contribution in [0.2, 0.25) is 0 Å². The maximum absolute atomic E-state index is 12.3. The molecule has 0 saturated carbocycles. The third-order valence-corrected chi connectivity index (χ3v) is 2.46. The lowest BCUT2D eigenvalue weighted by Crippen LogP contribution is -2.00. The molecule has 2 N–H and O–H groups in total. The summed E-state index contributed by atoms with van der Waals surface area (Å²) in [6, 6.07) is 1.36. The molecule has 0 atom stereocenters. The number of aromatic nitrogens is 1. The Bertz CT molecular complexity index is 283. The molecule has 6 heteroatoms. The first kappa shape index (κ1) is 10.1. The van der Waals surface area contributed by atoms with Gasteiger partial charge in [-0.25, -0.2) is 13.8 Å². The molecule has 1 rings (SSSR count). The molecule has 1 aromatic rings. The highest BCUT2D eigenvalue weighted by atomic mass is 127. The molecule has 0 radical (unpaired) electrons. The van der Waals surface area contributed by atoms with E-state index in [9.17, 15) is 8.78 Å². The summed E-state index contributed by atoms with van der Waals surface area (Å²) in [6.07, 6.45) is -2.57. The second-order valence-electron chi connectivity index (χ2n) is 2.04. The molecule has 2 nitrogen and oxygen atoms in total. The molecule has 0 saturated heterocycles. The molecule has 66 valence electrons. The highest BCUT2D eigenvalue weighted by Gasteiger charge is 2.16. The van der Waals surface area contributed by atoms with Gasteiger partial charge in [-0.3, -0.25) is 0 Å². The van der Waals surface area contributed by atoms with Gasteiger partial charge >= 0.3 is 0 Å². The van der Waals surface area contributed by atoms with Crippen molar-refractivity contribution in [1.29, 1.82) is 0 Å². The number of nitrogens with two attached hydrogens (primary N) is 1. The van der Waals surface area contributed by atoms with Crippen LogP contribution in [0.5, 0.6) is 0 Å². The van der Waals surface area contributed by atoms with Crippen molar-refractivity contribution in [3.8, 4) is 0 Å². The second kappa shape index (κ2) is 3.82. The largest absolute Gasteiger partial charge is 0.398 e. The fraction of sp³-hybridized carbons (Fsp3) is 0.167. The van der Waals surface area contributed by atoms with E-state index in [1.165, 1.54) is 6.07 Å². The maximum atomic E-state index is 12.3. The van der Waals surface area contributed by atoms with E-state index in [0.717, 1.165) is 0 Å². The zero-order valence-corrected chi connectivity index (χ0v) is 9.43. The Labute approximate surface area is 89.8 Å². The van der Waals surface area contributed by atoms with Gasteiger partial charge in [0.1, 0.15) is 8.30 Å². The Morgan fingerprint density at radius 2 is 2.17 bits per heavy atom. The number of alkyl halides is 2. The summed E-state index contributed by atoms with van der Waals surface area (Å²) in [7, 11) is 0. The van der Waals surface area contributed by atoms with Crippen molar-refractivity contribution >= 4 is 44.2 Å². The molecule has 0 bridgehead atoms. The Morgan fingerprint density at radius 1 is 1.58 bits per heavy atom. The van der Waals surface area contributed by atoms with E-state index in [1.54, 1.807) is 22.6 Å². The Morgan fingerprint density at radius 3 is 2.58 bits per heavy atom. The van der Waals surface area contributed by atoms with Crippen LogP contribution in [0.15, 0.2) is 10.7 Å². The van der Waals surface area contributed by atoms with Gasteiger partial charge < -0.3 is 5.73 Å². The lowest BCUT2D eigenvalue weighted by Gasteiger charge is -2.06. The minimum absolute atomic E-state index is 0.0660. The van der Waals surface area contributed by atoms with Gasteiger partial charge in [0, 0.05) is 5.69 Å². The molecule has 0 amide bonds. The summed E-state index contributed by atoms with van der Waals surface area (Å²) >= 11 is 4.78. The molecule has 1 heterocycles. The smallest absolute Gasteiger partial charge is 0.268 e. The zero-order chi connectivity index (χ0) is 9.30. The highest BCUT2D eigenvalue weighted by molar-refractivity contribution is 14.1. The van der Waals surface area contributed by atoms with Gasteiger partial charge in [0.2, 0.25) is 0 Å². The predicted octanol–water partition coefficient (Wildman–Crippen LogP) is 2.97. The number of hydrogen-bond acceptors (Lipinski definition) is 2. The third kappa shape index (κ3) is 2.03. The van der Waals surface area contributed by atoms with Gasteiger partial charge in [-0.05, 0) is 44.6 Å². The Hall–Kier alpha value is 0.0200. The van der Waals surface area contributed by atoms with Crippen LogP contribution in [-0.2, 0) is 0 Å². The summed E-state index contributed by atoms with van der Waals surface area (Å²) < 4.78 is 25.3. The second-order valence-corrected chi connectivity index (χ2v) is 3.87. The molecule has 1 aromatic heterocycles. The predicted molar refractivity (Wildman–Crippen MR) is 54.0 cm³/mol. The van der Waals surface area contributed by atoms with Crippen LogP contribution in [0.3, 0.4) is 0 Å². The van der Waals surface area contributed by atoms with Crippen LogP contribution >= 0.6 is 38.5 Å². The van der Waals surface area contributed by atoms with Crippen molar-refractivity contribution in [3.05, 3.63) is 19.9 Å². The lowest BCUT2D eigenvalue weighted by molar-refractivity contribution is 0.150. The quantitative estimate of drug-likeness (QED) is 0.626. The van der Waals surface area contributed by atoms with Gasteiger partial charge in [-0.1, -0.05) is 0 Å². The first-order valence-electron chi connectivity index (χ1n) is 2.92. The topological polar surface area (TPSA) is 38.9 Å². The summed E-state index contributed by atoms with van der Waals surface area (Å²) in [5.74, 6) is 0. The lowest BCUT2D eigenvalue weighted by atomic mass is 10.2. The first-order chi connectivity index (χ1) is 5.52. The van der Waals surface area contributed by atoms with Crippen molar-refractivity contribution in [3.63, 3.8) is 0 Å². The van der Waals surface area contributed by atoms with Crippen LogP contribution in [0.4, 0.5) is 14.5 Å². The zero-order valence-electron chi connectivity index (χ0n) is 5.69. The van der Waals surface area contributed by atoms with Crippen molar-refractivity contribution < 1.29 is 8.78 Å². The molecular weight excluding hydrogens is 345 g/mol. The van der Waals surface area contributed by atoms with E-state index in [2.05, 4.69) is 20.9 Å². The Kier molecular flexibility index (Phi) is 3.22. The summed E-state index contributed by atoms with van der Waals surface area (Å²) in [5.41, 5.74) is 5.24. The van der Waals surface area contributed by atoms with Crippen LogP contribution in [0, 0.1) is 3.70 Å². The van der Waals surface area contributed by atoms with E-state index in [0.29, 0.717) is 4.60 Å². The van der Waals surface area contributed by atoms with Crippen LogP contribution in [0.1, 0.15) is 12.0 Å². The van der Waals surface area contributed by atoms with Gasteiger partial charge in [0.25, 0.3) is 6.43 Å². The van der Waals surface area contributed by atoms with Crippen molar-refractivity contribution in [2.75, 3.05) is 5.73 Å². The minimum Gasteiger partial charge on any atom is -0.398 e. The van der Waals surface area contributed by atoms with E-state index in [4.69, 9.17) is 5.73 Å². The number of nitrogens with zero attached hydrogens (tertiary/aromatic N) is 1. The average molecular weight is 349 g/mol. The molecule has 0 aliphatic carbocycles. The molecule has 0 spiro atoms. The van der Waals surface area contributed by atoms with E-state index >= 15 is 0 Å². The van der Waals surface area contributed by atoms with E-state index < -0.39 is 6.43 Å². The number of halogens is 4. The van der Waals surface area contributed by atoms with Crippen molar-refractivity contribution in [2.24, 2.45) is 0 Å².